The SMILES string of the molecule is CSc1ncc2c(C)c(C(C)=O)c(=O)n(C34CC(C3)[C@H]4C)c2n1. The molecular formula is C17H19N3O2S. The van der Waals surface area contributed by atoms with Crippen LogP contribution in [0.3, 0.4) is 0 Å². The maximum absolute atomic E-state index is 13.1. The van der Waals surface area contributed by atoms with Crippen LogP contribution in [-0.2, 0) is 5.54 Å². The number of carbonyl (C=O) groups is 1. The molecule has 2 aromatic heterocycles. The fourth-order valence-electron chi connectivity index (χ4n) is 4.30. The van der Waals surface area contributed by atoms with Gasteiger partial charge in [0, 0.05) is 11.6 Å². The van der Waals surface area contributed by atoms with Crippen LogP contribution in [0, 0.1) is 18.8 Å². The smallest absolute Gasteiger partial charge is 0.263 e. The highest BCUT2D eigenvalue weighted by Crippen LogP contribution is 2.66. The van der Waals surface area contributed by atoms with Gasteiger partial charge in [-0.2, -0.15) is 0 Å². The summed E-state index contributed by atoms with van der Waals surface area (Å²) in [5, 5.41) is 1.46. The lowest BCUT2D eigenvalue weighted by Gasteiger charge is -2.68. The van der Waals surface area contributed by atoms with Gasteiger partial charge in [-0.1, -0.05) is 18.7 Å². The fourth-order valence-corrected chi connectivity index (χ4v) is 4.63. The second kappa shape index (κ2) is 4.66. The van der Waals surface area contributed by atoms with Crippen molar-refractivity contribution >= 4 is 28.6 Å². The summed E-state index contributed by atoms with van der Waals surface area (Å²) in [6, 6.07) is 0. The van der Waals surface area contributed by atoms with E-state index in [-0.39, 0.29) is 22.4 Å². The number of Topliss-reactive ketones (excluding diaryl/α,β-unsaturated/α-hetero) is 1. The molecule has 120 valence electrons. The third-order valence-electron chi connectivity index (χ3n) is 5.92. The quantitative estimate of drug-likeness (QED) is 0.492. The van der Waals surface area contributed by atoms with Gasteiger partial charge in [0.15, 0.2) is 10.9 Å². The van der Waals surface area contributed by atoms with Gasteiger partial charge in [-0.05, 0) is 50.3 Å². The number of rotatable bonds is 3. The van der Waals surface area contributed by atoms with Gasteiger partial charge in [0.2, 0.25) is 0 Å². The van der Waals surface area contributed by atoms with Gasteiger partial charge in [-0.15, -0.1) is 0 Å². The Balaban J connectivity index is 2.13. The highest BCUT2D eigenvalue weighted by Gasteiger charge is 2.65. The average molecular weight is 329 g/mol. The van der Waals surface area contributed by atoms with E-state index in [1.807, 2.05) is 17.7 Å². The maximum atomic E-state index is 13.1. The van der Waals surface area contributed by atoms with Crippen LogP contribution in [-0.4, -0.2) is 26.6 Å². The van der Waals surface area contributed by atoms with Gasteiger partial charge in [0.25, 0.3) is 5.56 Å². The van der Waals surface area contributed by atoms with Crippen molar-refractivity contribution in [1.29, 1.82) is 0 Å². The van der Waals surface area contributed by atoms with Crippen molar-refractivity contribution in [2.24, 2.45) is 11.8 Å². The van der Waals surface area contributed by atoms with E-state index in [1.165, 1.54) is 18.7 Å². The normalized spacial score (nSPS) is 28.3. The standard InChI is InChI=1S/C17H19N3O2S/c1-8-12-7-18-16(23-4)19-14(12)20(15(22)13(8)10(3)21)17-5-11(6-17)9(17)2/h7,9,11H,5-6H2,1-4H3/t9-,11?,17?/m1/s1. The molecule has 3 aliphatic carbocycles. The molecule has 3 aliphatic rings. The Morgan fingerprint density at radius 1 is 1.43 bits per heavy atom. The Labute approximate surface area is 138 Å². The van der Waals surface area contributed by atoms with Crippen LogP contribution >= 0.6 is 11.8 Å². The second-order valence-electron chi connectivity index (χ2n) is 6.85. The molecule has 0 spiro atoms. The van der Waals surface area contributed by atoms with Gasteiger partial charge in [-0.25, -0.2) is 9.97 Å². The largest absolute Gasteiger partial charge is 0.294 e. The van der Waals surface area contributed by atoms with Crippen LogP contribution in [0.2, 0.25) is 0 Å². The zero-order valence-electron chi connectivity index (χ0n) is 13.7. The average Bonchev–Trinajstić information content (AvgIpc) is 2.48. The molecular weight excluding hydrogens is 310 g/mol. The van der Waals surface area contributed by atoms with Crippen LogP contribution in [0.4, 0.5) is 0 Å². The molecule has 2 aromatic rings. The number of ketones is 1. The van der Waals surface area contributed by atoms with Crippen LogP contribution in [0.1, 0.15) is 42.6 Å². The predicted molar refractivity (Wildman–Crippen MR) is 90.2 cm³/mol. The molecule has 2 heterocycles. The topological polar surface area (TPSA) is 64.8 Å². The van der Waals surface area contributed by atoms with E-state index in [9.17, 15) is 9.59 Å². The first-order valence-corrected chi connectivity index (χ1v) is 9.11. The van der Waals surface area contributed by atoms with E-state index in [1.54, 1.807) is 6.20 Å². The summed E-state index contributed by atoms with van der Waals surface area (Å²) in [7, 11) is 0. The monoisotopic (exact) mass is 329 g/mol. The first-order valence-electron chi connectivity index (χ1n) is 7.88. The van der Waals surface area contributed by atoms with Gasteiger partial charge >= 0.3 is 0 Å². The number of nitrogens with zero attached hydrogens (tertiary/aromatic N) is 3. The Morgan fingerprint density at radius 2 is 2.13 bits per heavy atom. The molecule has 0 N–H and O–H groups in total. The molecule has 0 radical (unpaired) electrons. The summed E-state index contributed by atoms with van der Waals surface area (Å²) in [5.41, 5.74) is 1.33. The molecule has 0 aliphatic heterocycles. The molecule has 0 saturated heterocycles. The van der Waals surface area contributed by atoms with E-state index < -0.39 is 0 Å². The number of pyridine rings is 1. The van der Waals surface area contributed by atoms with Gasteiger partial charge in [0.05, 0.1) is 11.1 Å². The van der Waals surface area contributed by atoms with Gasteiger partial charge in [0.1, 0.15) is 5.65 Å². The molecule has 5 rings (SSSR count). The number of thioether (sulfide) groups is 1. The Bertz CT molecular complexity index is 912. The number of aromatic nitrogens is 3. The van der Waals surface area contributed by atoms with Gasteiger partial charge in [-0.3, -0.25) is 14.2 Å². The van der Waals surface area contributed by atoms with Crippen molar-refractivity contribution < 1.29 is 4.79 Å². The molecule has 0 aromatic carbocycles. The minimum Gasteiger partial charge on any atom is -0.294 e. The number of hydrogen-bond donors (Lipinski definition) is 0. The fraction of sp³-hybridized carbons (Fsp3) is 0.529. The van der Waals surface area contributed by atoms with Crippen molar-refractivity contribution in [1.82, 2.24) is 14.5 Å². The highest BCUT2D eigenvalue weighted by atomic mass is 32.2. The lowest BCUT2D eigenvalue weighted by Crippen LogP contribution is -2.69. The molecule has 0 amide bonds. The van der Waals surface area contributed by atoms with E-state index >= 15 is 0 Å². The summed E-state index contributed by atoms with van der Waals surface area (Å²) < 4.78 is 1.82. The first-order chi connectivity index (χ1) is 10.9. The number of hydrogen-bond acceptors (Lipinski definition) is 5. The summed E-state index contributed by atoms with van der Waals surface area (Å²) in [5.74, 6) is 0.996. The first kappa shape index (κ1) is 14.9. The predicted octanol–water partition coefficient (Wildman–Crippen LogP) is 2.78. The molecule has 3 saturated carbocycles. The summed E-state index contributed by atoms with van der Waals surface area (Å²) >= 11 is 1.46. The molecule has 5 nitrogen and oxygen atoms in total. The van der Waals surface area contributed by atoms with Crippen molar-refractivity contribution in [2.75, 3.05) is 6.26 Å². The zero-order valence-corrected chi connectivity index (χ0v) is 14.5. The number of aryl methyl sites for hydroxylation is 1. The lowest BCUT2D eigenvalue weighted by atomic mass is 9.42. The van der Waals surface area contributed by atoms with Crippen molar-refractivity contribution in [2.45, 2.75) is 44.3 Å². The summed E-state index contributed by atoms with van der Waals surface area (Å²) in [6.45, 7) is 5.47. The van der Waals surface area contributed by atoms with E-state index in [4.69, 9.17) is 0 Å². The molecule has 3 fully saturated rings. The summed E-state index contributed by atoms with van der Waals surface area (Å²) in [4.78, 5) is 34.2. The minimum atomic E-state index is -0.184. The Morgan fingerprint density at radius 3 is 2.61 bits per heavy atom. The second-order valence-corrected chi connectivity index (χ2v) is 7.62. The van der Waals surface area contributed by atoms with E-state index in [0.717, 1.165) is 18.2 Å². The third kappa shape index (κ3) is 1.70. The maximum Gasteiger partial charge on any atom is 0.263 e. The van der Waals surface area contributed by atoms with Gasteiger partial charge < -0.3 is 0 Å². The molecule has 23 heavy (non-hydrogen) atoms. The van der Waals surface area contributed by atoms with Crippen molar-refractivity contribution in [3.8, 4) is 0 Å². The Hall–Kier alpha value is -1.69. The van der Waals surface area contributed by atoms with Crippen LogP contribution in [0.15, 0.2) is 16.1 Å². The van der Waals surface area contributed by atoms with Crippen LogP contribution in [0.25, 0.3) is 11.0 Å². The molecule has 1 atom stereocenters. The number of fused-ring (bicyclic) bond motifs is 1. The molecule has 2 bridgehead atoms. The van der Waals surface area contributed by atoms with Crippen LogP contribution < -0.4 is 5.56 Å². The van der Waals surface area contributed by atoms with Crippen LogP contribution in [0.5, 0.6) is 0 Å². The lowest BCUT2D eigenvalue weighted by molar-refractivity contribution is -0.162. The van der Waals surface area contributed by atoms with E-state index in [2.05, 4.69) is 16.9 Å². The van der Waals surface area contributed by atoms with E-state index in [0.29, 0.717) is 28.2 Å². The molecule has 0 unspecified atom stereocenters. The van der Waals surface area contributed by atoms with Crippen molar-refractivity contribution in [3.05, 3.63) is 27.7 Å². The zero-order chi connectivity index (χ0) is 16.5. The summed E-state index contributed by atoms with van der Waals surface area (Å²) in [6.07, 6.45) is 5.70. The number of carbonyl (C=O) groups excluding carboxylic acids is 1. The van der Waals surface area contributed by atoms with Crippen molar-refractivity contribution in [3.63, 3.8) is 0 Å². The third-order valence-corrected chi connectivity index (χ3v) is 6.48. The highest BCUT2D eigenvalue weighted by molar-refractivity contribution is 7.98. The Kier molecular flexibility index (Phi) is 3.01. The minimum absolute atomic E-state index is 0.151. The molecule has 6 heteroatoms.